The van der Waals surface area contributed by atoms with Crippen LogP contribution in [-0.2, 0) is 6.18 Å². The first-order valence-electron chi connectivity index (χ1n) is 5.75. The van der Waals surface area contributed by atoms with Gasteiger partial charge in [-0.25, -0.2) is 0 Å². The summed E-state index contributed by atoms with van der Waals surface area (Å²) in [5, 5.41) is 10.0. The molecule has 2 atom stereocenters. The third-order valence-electron chi connectivity index (χ3n) is 3.42. The molecule has 1 N–H and O–H groups in total. The lowest BCUT2D eigenvalue weighted by atomic mass is 9.92. The van der Waals surface area contributed by atoms with Gasteiger partial charge in [0.15, 0.2) is 0 Å². The smallest absolute Gasteiger partial charge is 0.388 e. The zero-order valence-corrected chi connectivity index (χ0v) is 9.54. The number of aliphatic hydroxyl groups is 1. The van der Waals surface area contributed by atoms with Crippen molar-refractivity contribution in [1.82, 2.24) is 0 Å². The van der Waals surface area contributed by atoms with E-state index in [4.69, 9.17) is 0 Å². The monoisotopic (exact) mass is 244 g/mol. The van der Waals surface area contributed by atoms with E-state index in [2.05, 4.69) is 0 Å². The van der Waals surface area contributed by atoms with Gasteiger partial charge < -0.3 is 5.11 Å². The highest BCUT2D eigenvalue weighted by Gasteiger charge is 2.35. The van der Waals surface area contributed by atoms with Crippen molar-refractivity contribution < 1.29 is 18.3 Å². The molecule has 1 aliphatic rings. The molecule has 0 aromatic heterocycles. The summed E-state index contributed by atoms with van der Waals surface area (Å²) < 4.78 is 37.6. The molecule has 1 fully saturated rings. The van der Waals surface area contributed by atoms with Crippen LogP contribution in [0.3, 0.4) is 0 Å². The topological polar surface area (TPSA) is 20.2 Å². The highest BCUT2D eigenvalue weighted by atomic mass is 19.4. The van der Waals surface area contributed by atoms with E-state index in [-0.39, 0.29) is 5.92 Å². The van der Waals surface area contributed by atoms with Crippen LogP contribution in [0.5, 0.6) is 0 Å². The van der Waals surface area contributed by atoms with Gasteiger partial charge in [-0.15, -0.1) is 0 Å². The molecule has 2 unspecified atom stereocenters. The van der Waals surface area contributed by atoms with Gasteiger partial charge >= 0.3 is 6.18 Å². The van der Waals surface area contributed by atoms with E-state index in [1.807, 2.05) is 6.92 Å². The molecule has 1 nitrogen and oxygen atoms in total. The molecular weight excluding hydrogens is 229 g/mol. The maximum atomic E-state index is 12.5. The third kappa shape index (κ3) is 2.80. The summed E-state index contributed by atoms with van der Waals surface area (Å²) in [6.07, 6.45) is -3.02. The van der Waals surface area contributed by atoms with Gasteiger partial charge in [-0.1, -0.05) is 19.1 Å². The molecular formula is C13H15F3O. The van der Waals surface area contributed by atoms with Crippen molar-refractivity contribution in [3.05, 3.63) is 35.4 Å². The van der Waals surface area contributed by atoms with E-state index >= 15 is 0 Å². The molecule has 0 bridgehead atoms. The van der Waals surface area contributed by atoms with Crippen LogP contribution in [0.1, 0.15) is 37.0 Å². The molecule has 4 heteroatoms. The second-order valence-electron chi connectivity index (χ2n) is 4.76. The summed E-state index contributed by atoms with van der Waals surface area (Å²) in [7, 11) is 0. The first-order chi connectivity index (χ1) is 7.89. The summed E-state index contributed by atoms with van der Waals surface area (Å²) in [6, 6.07) is 4.97. The number of hydrogen-bond donors (Lipinski definition) is 1. The molecule has 0 spiro atoms. The van der Waals surface area contributed by atoms with E-state index in [1.54, 1.807) is 6.07 Å². The van der Waals surface area contributed by atoms with Gasteiger partial charge in [0.1, 0.15) is 0 Å². The minimum atomic E-state index is -4.35. The molecule has 0 heterocycles. The summed E-state index contributed by atoms with van der Waals surface area (Å²) in [4.78, 5) is 0. The molecule has 0 amide bonds. The Morgan fingerprint density at radius 1 is 1.29 bits per heavy atom. The minimum absolute atomic E-state index is 0.0264. The van der Waals surface area contributed by atoms with Gasteiger partial charge in [0.05, 0.1) is 11.7 Å². The van der Waals surface area contributed by atoms with Crippen molar-refractivity contribution in [2.45, 2.75) is 32.0 Å². The zero-order valence-electron chi connectivity index (χ0n) is 9.54. The largest absolute Gasteiger partial charge is 0.416 e. The van der Waals surface area contributed by atoms with Crippen LogP contribution in [0, 0.1) is 11.8 Å². The number of aliphatic hydroxyl groups excluding tert-OH is 1. The Kier molecular flexibility index (Phi) is 3.17. The predicted octanol–water partition coefficient (Wildman–Crippen LogP) is 3.78. The van der Waals surface area contributed by atoms with E-state index in [9.17, 15) is 18.3 Å². The quantitative estimate of drug-likeness (QED) is 0.857. The fourth-order valence-corrected chi connectivity index (χ4v) is 2.08. The van der Waals surface area contributed by atoms with Crippen molar-refractivity contribution >= 4 is 0 Å². The lowest BCUT2D eigenvalue weighted by Crippen LogP contribution is -2.13. The fraction of sp³-hybridized carbons (Fsp3) is 0.538. The van der Waals surface area contributed by atoms with Gasteiger partial charge in [-0.2, -0.15) is 13.2 Å². The number of halogens is 3. The van der Waals surface area contributed by atoms with E-state index < -0.39 is 17.8 Å². The highest BCUT2D eigenvalue weighted by molar-refractivity contribution is 5.27. The predicted molar refractivity (Wildman–Crippen MR) is 58.3 cm³/mol. The lowest BCUT2D eigenvalue weighted by molar-refractivity contribution is -0.137. The zero-order chi connectivity index (χ0) is 12.6. The minimum Gasteiger partial charge on any atom is -0.388 e. The van der Waals surface area contributed by atoms with Crippen LogP contribution in [0.4, 0.5) is 13.2 Å². The SMILES string of the molecule is CC(C1CC1)C(O)c1cccc(C(F)(F)F)c1. The Morgan fingerprint density at radius 2 is 1.94 bits per heavy atom. The number of alkyl halides is 3. The van der Waals surface area contributed by atoms with Crippen molar-refractivity contribution in [2.75, 3.05) is 0 Å². The van der Waals surface area contributed by atoms with Crippen LogP contribution in [0.2, 0.25) is 0 Å². The van der Waals surface area contributed by atoms with E-state index in [0.717, 1.165) is 25.0 Å². The Balaban J connectivity index is 2.20. The average Bonchev–Trinajstić information content (AvgIpc) is 3.10. The summed E-state index contributed by atoms with van der Waals surface area (Å²) in [6.45, 7) is 1.89. The van der Waals surface area contributed by atoms with Crippen LogP contribution >= 0.6 is 0 Å². The van der Waals surface area contributed by atoms with Gasteiger partial charge in [-0.05, 0) is 42.4 Å². The third-order valence-corrected chi connectivity index (χ3v) is 3.42. The first-order valence-corrected chi connectivity index (χ1v) is 5.75. The summed E-state index contributed by atoms with van der Waals surface area (Å²) in [5.74, 6) is 0.484. The molecule has 1 aliphatic carbocycles. The van der Waals surface area contributed by atoms with Crippen molar-refractivity contribution in [1.29, 1.82) is 0 Å². The lowest BCUT2D eigenvalue weighted by Gasteiger charge is -2.19. The number of benzene rings is 1. The molecule has 1 aromatic carbocycles. The van der Waals surface area contributed by atoms with Crippen molar-refractivity contribution in [2.24, 2.45) is 11.8 Å². The number of rotatable bonds is 3. The van der Waals surface area contributed by atoms with Gasteiger partial charge in [-0.3, -0.25) is 0 Å². The van der Waals surface area contributed by atoms with Gasteiger partial charge in [0.2, 0.25) is 0 Å². The number of hydrogen-bond acceptors (Lipinski definition) is 1. The summed E-state index contributed by atoms with van der Waals surface area (Å²) >= 11 is 0. The summed E-state index contributed by atoms with van der Waals surface area (Å²) in [5.41, 5.74) is -0.337. The standard InChI is InChI=1S/C13H15F3O/c1-8(9-5-6-9)12(17)10-3-2-4-11(7-10)13(14,15)16/h2-4,7-9,12,17H,5-6H2,1H3. The maximum Gasteiger partial charge on any atom is 0.416 e. The van der Waals surface area contributed by atoms with Crippen molar-refractivity contribution in [3.63, 3.8) is 0 Å². The highest BCUT2D eigenvalue weighted by Crippen LogP contribution is 2.43. The second kappa shape index (κ2) is 4.33. The second-order valence-corrected chi connectivity index (χ2v) is 4.76. The molecule has 1 aromatic rings. The Hall–Kier alpha value is -1.03. The maximum absolute atomic E-state index is 12.5. The van der Waals surface area contributed by atoms with Crippen molar-refractivity contribution in [3.8, 4) is 0 Å². The van der Waals surface area contributed by atoms with E-state index in [1.165, 1.54) is 6.07 Å². The molecule has 0 aliphatic heterocycles. The van der Waals surface area contributed by atoms with E-state index in [0.29, 0.717) is 11.5 Å². The fourth-order valence-electron chi connectivity index (χ4n) is 2.08. The molecule has 0 radical (unpaired) electrons. The molecule has 0 saturated heterocycles. The van der Waals surface area contributed by atoms with Gasteiger partial charge in [0, 0.05) is 0 Å². The molecule has 2 rings (SSSR count). The Labute approximate surface area is 98.3 Å². The first kappa shape index (κ1) is 12.4. The molecule has 94 valence electrons. The molecule has 17 heavy (non-hydrogen) atoms. The molecule has 1 saturated carbocycles. The van der Waals surface area contributed by atoms with Crippen LogP contribution in [-0.4, -0.2) is 5.11 Å². The Bertz CT molecular complexity index is 396. The average molecular weight is 244 g/mol. The van der Waals surface area contributed by atoms with Crippen LogP contribution in [0.15, 0.2) is 24.3 Å². The van der Waals surface area contributed by atoms with Crippen LogP contribution < -0.4 is 0 Å². The Morgan fingerprint density at radius 3 is 2.47 bits per heavy atom. The van der Waals surface area contributed by atoms with Gasteiger partial charge in [0.25, 0.3) is 0 Å². The normalized spacial score (nSPS) is 20.1. The van der Waals surface area contributed by atoms with Crippen LogP contribution in [0.25, 0.3) is 0 Å².